The van der Waals surface area contributed by atoms with Gasteiger partial charge in [0.25, 0.3) is 0 Å². The van der Waals surface area contributed by atoms with Crippen molar-refractivity contribution in [2.75, 3.05) is 6.54 Å². The quantitative estimate of drug-likeness (QED) is 0.854. The maximum atomic E-state index is 4.20. The minimum atomic E-state index is 0.489. The standard InChI is InChI=1S/C13H11BrN2/c14-10-3-1-2-9(6-10)11-4-5-15-7-12(11)13-8-16-13/h1-7,13,16H,8H2. The van der Waals surface area contributed by atoms with Crippen LogP contribution in [0.4, 0.5) is 0 Å². The van der Waals surface area contributed by atoms with E-state index >= 15 is 0 Å². The molecule has 0 saturated carbocycles. The van der Waals surface area contributed by atoms with E-state index in [1.807, 2.05) is 18.5 Å². The van der Waals surface area contributed by atoms with E-state index in [4.69, 9.17) is 0 Å². The highest BCUT2D eigenvalue weighted by Gasteiger charge is 2.25. The van der Waals surface area contributed by atoms with Crippen LogP contribution in [0.25, 0.3) is 11.1 Å². The lowest BCUT2D eigenvalue weighted by molar-refractivity contribution is 1.06. The Balaban J connectivity index is 2.11. The van der Waals surface area contributed by atoms with Gasteiger partial charge in [0, 0.05) is 29.5 Å². The van der Waals surface area contributed by atoms with Crippen LogP contribution in [-0.2, 0) is 0 Å². The third kappa shape index (κ3) is 1.88. The SMILES string of the molecule is Brc1cccc(-c2ccncc2C2CN2)c1. The molecule has 0 amide bonds. The average molecular weight is 275 g/mol. The van der Waals surface area contributed by atoms with Crippen molar-refractivity contribution in [3.8, 4) is 11.1 Å². The lowest BCUT2D eigenvalue weighted by atomic mass is 10.00. The number of nitrogens with zero attached hydrogens (tertiary/aromatic N) is 1. The molecule has 2 nitrogen and oxygen atoms in total. The predicted octanol–water partition coefficient (Wildman–Crippen LogP) is 3.16. The third-order valence-electron chi connectivity index (χ3n) is 2.77. The molecule has 1 saturated heterocycles. The predicted molar refractivity (Wildman–Crippen MR) is 68.1 cm³/mol. The third-order valence-corrected chi connectivity index (χ3v) is 3.26. The van der Waals surface area contributed by atoms with Gasteiger partial charge < -0.3 is 5.32 Å². The summed E-state index contributed by atoms with van der Waals surface area (Å²) in [5.74, 6) is 0. The summed E-state index contributed by atoms with van der Waals surface area (Å²) in [7, 11) is 0. The highest BCUT2D eigenvalue weighted by molar-refractivity contribution is 9.10. The van der Waals surface area contributed by atoms with E-state index in [1.165, 1.54) is 16.7 Å². The lowest BCUT2D eigenvalue weighted by Gasteiger charge is -2.07. The fourth-order valence-corrected chi connectivity index (χ4v) is 2.28. The Morgan fingerprint density at radius 1 is 1.31 bits per heavy atom. The Morgan fingerprint density at radius 2 is 2.19 bits per heavy atom. The van der Waals surface area contributed by atoms with E-state index in [2.05, 4.69) is 50.5 Å². The lowest BCUT2D eigenvalue weighted by Crippen LogP contribution is -1.91. The van der Waals surface area contributed by atoms with Gasteiger partial charge in [-0.25, -0.2) is 0 Å². The van der Waals surface area contributed by atoms with E-state index in [9.17, 15) is 0 Å². The van der Waals surface area contributed by atoms with Crippen LogP contribution >= 0.6 is 15.9 Å². The summed E-state index contributed by atoms with van der Waals surface area (Å²) in [5.41, 5.74) is 3.80. The van der Waals surface area contributed by atoms with Gasteiger partial charge in [-0.3, -0.25) is 4.98 Å². The number of rotatable bonds is 2. The van der Waals surface area contributed by atoms with Crippen LogP contribution in [-0.4, -0.2) is 11.5 Å². The summed E-state index contributed by atoms with van der Waals surface area (Å²) < 4.78 is 1.11. The highest BCUT2D eigenvalue weighted by atomic mass is 79.9. The van der Waals surface area contributed by atoms with Crippen LogP contribution in [0.5, 0.6) is 0 Å². The van der Waals surface area contributed by atoms with E-state index < -0.39 is 0 Å². The smallest absolute Gasteiger partial charge is 0.0469 e. The highest BCUT2D eigenvalue weighted by Crippen LogP contribution is 2.32. The maximum Gasteiger partial charge on any atom is 0.0469 e. The average Bonchev–Trinajstić information content (AvgIpc) is 3.13. The molecule has 2 aromatic rings. The van der Waals surface area contributed by atoms with Gasteiger partial charge in [-0.2, -0.15) is 0 Å². The number of nitrogens with one attached hydrogen (secondary N) is 1. The second-order valence-corrected chi connectivity index (χ2v) is 4.85. The molecular formula is C13H11BrN2. The largest absolute Gasteiger partial charge is 0.307 e. The van der Waals surface area contributed by atoms with Crippen LogP contribution < -0.4 is 5.32 Å². The molecule has 3 heteroatoms. The van der Waals surface area contributed by atoms with E-state index in [-0.39, 0.29) is 0 Å². The van der Waals surface area contributed by atoms with Gasteiger partial charge in [0.1, 0.15) is 0 Å². The maximum absolute atomic E-state index is 4.20. The molecule has 1 aliphatic rings. The van der Waals surface area contributed by atoms with Gasteiger partial charge in [-0.15, -0.1) is 0 Å². The molecule has 1 aliphatic heterocycles. The Morgan fingerprint density at radius 3 is 2.94 bits per heavy atom. The summed E-state index contributed by atoms with van der Waals surface area (Å²) in [6.45, 7) is 1.06. The van der Waals surface area contributed by atoms with Crippen molar-refractivity contribution in [3.05, 3.63) is 52.8 Å². The number of pyridine rings is 1. The van der Waals surface area contributed by atoms with E-state index in [0.29, 0.717) is 6.04 Å². The first-order chi connectivity index (χ1) is 7.84. The second-order valence-electron chi connectivity index (χ2n) is 3.93. The molecule has 2 heterocycles. The van der Waals surface area contributed by atoms with Crippen LogP contribution in [0.1, 0.15) is 11.6 Å². The summed E-state index contributed by atoms with van der Waals surface area (Å²) in [6.07, 6.45) is 3.81. The fraction of sp³-hybridized carbons (Fsp3) is 0.154. The zero-order valence-corrected chi connectivity index (χ0v) is 10.2. The van der Waals surface area contributed by atoms with Gasteiger partial charge in [-0.1, -0.05) is 28.1 Å². The first-order valence-corrected chi connectivity index (χ1v) is 6.07. The molecule has 0 spiro atoms. The first kappa shape index (κ1) is 10.00. The van der Waals surface area contributed by atoms with Crippen LogP contribution in [0.3, 0.4) is 0 Å². The number of halogens is 1. The summed E-state index contributed by atoms with van der Waals surface area (Å²) >= 11 is 3.51. The van der Waals surface area contributed by atoms with Crippen molar-refractivity contribution < 1.29 is 0 Å². The van der Waals surface area contributed by atoms with E-state index in [0.717, 1.165) is 11.0 Å². The van der Waals surface area contributed by atoms with Crippen LogP contribution in [0, 0.1) is 0 Å². The molecular weight excluding hydrogens is 264 g/mol. The molecule has 80 valence electrons. The van der Waals surface area contributed by atoms with Crippen molar-refractivity contribution >= 4 is 15.9 Å². The number of aromatic nitrogens is 1. The fourth-order valence-electron chi connectivity index (χ4n) is 1.88. The minimum absolute atomic E-state index is 0.489. The van der Waals surface area contributed by atoms with Gasteiger partial charge >= 0.3 is 0 Å². The van der Waals surface area contributed by atoms with Crippen molar-refractivity contribution in [1.29, 1.82) is 0 Å². The molecule has 0 aliphatic carbocycles. The molecule has 0 radical (unpaired) electrons. The summed E-state index contributed by atoms with van der Waals surface area (Å²) in [6, 6.07) is 10.9. The molecule has 16 heavy (non-hydrogen) atoms. The Bertz CT molecular complexity index is 521. The molecule has 1 unspecified atom stereocenters. The van der Waals surface area contributed by atoms with E-state index in [1.54, 1.807) is 0 Å². The molecule has 0 bridgehead atoms. The molecule has 1 N–H and O–H groups in total. The van der Waals surface area contributed by atoms with Gasteiger partial charge in [0.2, 0.25) is 0 Å². The molecule has 1 aromatic heterocycles. The summed E-state index contributed by atoms with van der Waals surface area (Å²) in [4.78, 5) is 4.20. The zero-order chi connectivity index (χ0) is 11.0. The monoisotopic (exact) mass is 274 g/mol. The van der Waals surface area contributed by atoms with Crippen LogP contribution in [0.2, 0.25) is 0 Å². The van der Waals surface area contributed by atoms with Crippen LogP contribution in [0.15, 0.2) is 47.2 Å². The normalized spacial score (nSPS) is 18.4. The number of hydrogen-bond donors (Lipinski definition) is 1. The zero-order valence-electron chi connectivity index (χ0n) is 8.65. The Hall–Kier alpha value is -1.19. The topological polar surface area (TPSA) is 34.8 Å². The number of benzene rings is 1. The van der Waals surface area contributed by atoms with Gasteiger partial charge in [0.15, 0.2) is 0 Å². The minimum Gasteiger partial charge on any atom is -0.307 e. The molecule has 1 atom stereocenters. The van der Waals surface area contributed by atoms with Crippen molar-refractivity contribution in [2.45, 2.75) is 6.04 Å². The summed E-state index contributed by atoms with van der Waals surface area (Å²) in [5, 5.41) is 3.32. The molecule has 1 aromatic carbocycles. The van der Waals surface area contributed by atoms with Crippen molar-refractivity contribution in [2.24, 2.45) is 0 Å². The molecule has 1 fully saturated rings. The Kier molecular flexibility index (Phi) is 2.50. The molecule has 3 rings (SSSR count). The van der Waals surface area contributed by atoms with Gasteiger partial charge in [0.05, 0.1) is 0 Å². The number of hydrogen-bond acceptors (Lipinski definition) is 2. The first-order valence-electron chi connectivity index (χ1n) is 5.28. The Labute approximate surface area is 103 Å². The van der Waals surface area contributed by atoms with Crippen molar-refractivity contribution in [3.63, 3.8) is 0 Å². The van der Waals surface area contributed by atoms with Gasteiger partial charge in [-0.05, 0) is 34.9 Å². The van der Waals surface area contributed by atoms with Crippen molar-refractivity contribution in [1.82, 2.24) is 10.3 Å². The second kappa shape index (κ2) is 4.00.